The quantitative estimate of drug-likeness (QED) is 0.848. The Morgan fingerprint density at radius 2 is 1.68 bits per heavy atom. The highest BCUT2D eigenvalue weighted by atomic mass is 16.2. The molecule has 1 aliphatic carbocycles. The van der Waals surface area contributed by atoms with E-state index in [1.54, 1.807) is 11.8 Å². The Bertz CT molecular complexity index is 505. The fraction of sp³-hybridized carbons (Fsp3) is 0.632. The molecule has 0 spiro atoms. The van der Waals surface area contributed by atoms with Crippen molar-refractivity contribution in [3.05, 3.63) is 29.8 Å². The van der Waals surface area contributed by atoms with Crippen molar-refractivity contribution in [2.45, 2.75) is 57.4 Å². The minimum Gasteiger partial charge on any atom is -0.316 e. The Morgan fingerprint density at radius 3 is 2.32 bits per heavy atom. The van der Waals surface area contributed by atoms with Crippen molar-refractivity contribution >= 4 is 11.6 Å². The van der Waals surface area contributed by atoms with E-state index in [-0.39, 0.29) is 5.91 Å². The van der Waals surface area contributed by atoms with Gasteiger partial charge in [-0.05, 0) is 62.4 Å². The van der Waals surface area contributed by atoms with Crippen LogP contribution in [0, 0.1) is 0 Å². The van der Waals surface area contributed by atoms with Gasteiger partial charge in [0.1, 0.15) is 0 Å². The summed E-state index contributed by atoms with van der Waals surface area (Å²) in [5.74, 6) is 0.754. The summed E-state index contributed by atoms with van der Waals surface area (Å²) in [5, 5.41) is 0. The van der Waals surface area contributed by atoms with Crippen LogP contribution in [0.3, 0.4) is 0 Å². The van der Waals surface area contributed by atoms with E-state index in [0.29, 0.717) is 5.92 Å². The van der Waals surface area contributed by atoms with E-state index in [2.05, 4.69) is 29.2 Å². The molecule has 2 atom stereocenters. The number of nitrogens with zero attached hydrogens (tertiary/aromatic N) is 2. The molecule has 2 unspecified atom stereocenters. The first-order valence-corrected chi connectivity index (χ1v) is 8.75. The maximum absolute atomic E-state index is 11.5. The first kappa shape index (κ1) is 15.5. The zero-order valence-electron chi connectivity index (χ0n) is 13.9. The zero-order chi connectivity index (χ0) is 15.5. The van der Waals surface area contributed by atoms with Gasteiger partial charge in [0, 0.05) is 25.7 Å². The van der Waals surface area contributed by atoms with Gasteiger partial charge in [-0.2, -0.15) is 0 Å². The summed E-state index contributed by atoms with van der Waals surface area (Å²) in [6.07, 6.45) is 8.12. The molecule has 1 aromatic carbocycles. The summed E-state index contributed by atoms with van der Waals surface area (Å²) in [6.45, 7) is 4.18. The molecule has 2 fully saturated rings. The summed E-state index contributed by atoms with van der Waals surface area (Å²) >= 11 is 0. The third-order valence-electron chi connectivity index (χ3n) is 5.52. The van der Waals surface area contributed by atoms with Gasteiger partial charge in [0.25, 0.3) is 0 Å². The maximum Gasteiger partial charge on any atom is 0.223 e. The lowest BCUT2D eigenvalue weighted by Gasteiger charge is -2.38. The smallest absolute Gasteiger partial charge is 0.223 e. The van der Waals surface area contributed by atoms with Gasteiger partial charge in [0.15, 0.2) is 0 Å². The molecule has 0 radical (unpaired) electrons. The van der Waals surface area contributed by atoms with Crippen molar-refractivity contribution in [3.63, 3.8) is 0 Å². The number of amides is 1. The fourth-order valence-corrected chi connectivity index (χ4v) is 4.14. The summed E-state index contributed by atoms with van der Waals surface area (Å²) in [4.78, 5) is 15.9. The highest BCUT2D eigenvalue weighted by Crippen LogP contribution is 2.37. The molecule has 3 rings (SSSR count). The lowest BCUT2D eigenvalue weighted by molar-refractivity contribution is -0.116. The highest BCUT2D eigenvalue weighted by molar-refractivity contribution is 5.90. The average Bonchev–Trinajstić information content (AvgIpc) is 3.08. The Labute approximate surface area is 134 Å². The molecule has 0 N–H and O–H groups in total. The van der Waals surface area contributed by atoms with Crippen LogP contribution in [0.15, 0.2) is 24.3 Å². The number of anilines is 1. The second-order valence-corrected chi connectivity index (χ2v) is 6.87. The van der Waals surface area contributed by atoms with Crippen LogP contribution in [0.1, 0.15) is 56.9 Å². The van der Waals surface area contributed by atoms with Crippen LogP contribution in [-0.4, -0.2) is 37.0 Å². The number of hydrogen-bond donors (Lipinski definition) is 0. The first-order chi connectivity index (χ1) is 10.7. The number of benzene rings is 1. The maximum atomic E-state index is 11.5. The van der Waals surface area contributed by atoms with Crippen molar-refractivity contribution in [3.8, 4) is 0 Å². The van der Waals surface area contributed by atoms with Gasteiger partial charge >= 0.3 is 0 Å². The van der Waals surface area contributed by atoms with Gasteiger partial charge < -0.3 is 4.90 Å². The van der Waals surface area contributed by atoms with E-state index in [9.17, 15) is 4.79 Å². The molecular formula is C19H28N2O. The van der Waals surface area contributed by atoms with E-state index in [1.807, 2.05) is 7.05 Å². The molecule has 1 heterocycles. The van der Waals surface area contributed by atoms with Crippen LogP contribution < -0.4 is 4.90 Å². The van der Waals surface area contributed by atoms with Crippen LogP contribution in [0.2, 0.25) is 0 Å². The molecule has 1 amide bonds. The number of rotatable bonds is 3. The number of carbonyl (C=O) groups excluding carboxylic acids is 1. The molecule has 3 heteroatoms. The number of carbonyl (C=O) groups is 1. The normalized spacial score (nSPS) is 26.1. The topological polar surface area (TPSA) is 23.6 Å². The molecule has 1 saturated heterocycles. The number of hydrogen-bond acceptors (Lipinski definition) is 2. The van der Waals surface area contributed by atoms with Crippen molar-refractivity contribution in [1.82, 2.24) is 4.90 Å². The molecule has 120 valence electrons. The van der Waals surface area contributed by atoms with Crippen molar-refractivity contribution in [1.29, 1.82) is 0 Å². The molecule has 3 nitrogen and oxygen atoms in total. The first-order valence-electron chi connectivity index (χ1n) is 8.75. The van der Waals surface area contributed by atoms with E-state index in [0.717, 1.165) is 11.7 Å². The predicted molar refractivity (Wildman–Crippen MR) is 91.3 cm³/mol. The van der Waals surface area contributed by atoms with Crippen molar-refractivity contribution in [2.24, 2.45) is 0 Å². The third-order valence-corrected chi connectivity index (χ3v) is 5.52. The SMILES string of the molecule is CC(=O)N(C)c1ccc(C2CCCCC2N2CCCC2)cc1. The van der Waals surface area contributed by atoms with E-state index < -0.39 is 0 Å². The van der Waals surface area contributed by atoms with Gasteiger partial charge in [0.05, 0.1) is 0 Å². The standard InChI is InChI=1S/C19H28N2O/c1-15(22)20(2)17-11-9-16(10-12-17)18-7-3-4-8-19(18)21-13-5-6-14-21/h9-12,18-19H,3-8,13-14H2,1-2H3. The highest BCUT2D eigenvalue weighted by Gasteiger charge is 2.32. The van der Waals surface area contributed by atoms with E-state index in [4.69, 9.17) is 0 Å². The van der Waals surface area contributed by atoms with Crippen LogP contribution in [0.25, 0.3) is 0 Å². The Hall–Kier alpha value is -1.35. The predicted octanol–water partition coefficient (Wildman–Crippen LogP) is 3.79. The van der Waals surface area contributed by atoms with Crippen molar-refractivity contribution < 1.29 is 4.79 Å². The van der Waals surface area contributed by atoms with Gasteiger partial charge in [-0.25, -0.2) is 0 Å². The van der Waals surface area contributed by atoms with E-state index in [1.165, 1.54) is 57.2 Å². The average molecular weight is 300 g/mol. The van der Waals surface area contributed by atoms with Gasteiger partial charge in [-0.15, -0.1) is 0 Å². The summed E-state index contributed by atoms with van der Waals surface area (Å²) in [5.41, 5.74) is 2.45. The Kier molecular flexibility index (Phi) is 4.82. The number of likely N-dealkylation sites (tertiary alicyclic amines) is 1. The molecule has 1 saturated carbocycles. The van der Waals surface area contributed by atoms with Crippen LogP contribution in [0.4, 0.5) is 5.69 Å². The molecule has 2 aliphatic rings. The fourth-order valence-electron chi connectivity index (χ4n) is 4.14. The summed E-state index contributed by atoms with van der Waals surface area (Å²) in [7, 11) is 1.84. The van der Waals surface area contributed by atoms with Gasteiger partial charge in [0.2, 0.25) is 5.91 Å². The lowest BCUT2D eigenvalue weighted by atomic mass is 9.79. The van der Waals surface area contributed by atoms with Gasteiger partial charge in [-0.1, -0.05) is 25.0 Å². The molecule has 1 aliphatic heterocycles. The van der Waals surface area contributed by atoms with Crippen LogP contribution in [-0.2, 0) is 4.79 Å². The zero-order valence-corrected chi connectivity index (χ0v) is 13.9. The molecule has 0 bridgehead atoms. The molecule has 1 aromatic rings. The molecular weight excluding hydrogens is 272 g/mol. The van der Waals surface area contributed by atoms with Gasteiger partial charge in [-0.3, -0.25) is 9.69 Å². The molecule has 22 heavy (non-hydrogen) atoms. The minimum atomic E-state index is 0.0837. The van der Waals surface area contributed by atoms with Crippen LogP contribution >= 0.6 is 0 Å². The molecule has 0 aromatic heterocycles. The Morgan fingerprint density at radius 1 is 1.05 bits per heavy atom. The minimum absolute atomic E-state index is 0.0837. The second kappa shape index (κ2) is 6.82. The van der Waals surface area contributed by atoms with Crippen molar-refractivity contribution in [2.75, 3.05) is 25.0 Å². The summed E-state index contributed by atoms with van der Waals surface area (Å²) in [6, 6.07) is 9.42. The summed E-state index contributed by atoms with van der Waals surface area (Å²) < 4.78 is 0. The largest absolute Gasteiger partial charge is 0.316 e. The third kappa shape index (κ3) is 3.19. The Balaban J connectivity index is 1.77. The second-order valence-electron chi connectivity index (χ2n) is 6.87. The lowest BCUT2D eigenvalue weighted by Crippen LogP contribution is -2.39. The van der Waals surface area contributed by atoms with Crippen LogP contribution in [0.5, 0.6) is 0 Å². The monoisotopic (exact) mass is 300 g/mol. The van der Waals surface area contributed by atoms with E-state index >= 15 is 0 Å².